The molecule has 0 bridgehead atoms. The van der Waals surface area contributed by atoms with E-state index in [2.05, 4.69) is 48.7 Å². The molecule has 4 nitrogen and oxygen atoms in total. The molecule has 146 valence electrons. The van der Waals surface area contributed by atoms with Crippen molar-refractivity contribution in [3.05, 3.63) is 59.9 Å². The second kappa shape index (κ2) is 8.17. The number of fused-ring (bicyclic) bond motifs is 1. The summed E-state index contributed by atoms with van der Waals surface area (Å²) in [5, 5.41) is 0. The third-order valence-electron chi connectivity index (χ3n) is 5.82. The Balaban J connectivity index is 1.67. The number of hydrogen-bond donors (Lipinski definition) is 0. The molecule has 4 heteroatoms. The Morgan fingerprint density at radius 1 is 1.04 bits per heavy atom. The number of hydrogen-bond acceptors (Lipinski definition) is 2. The maximum Gasteiger partial charge on any atom is 0.227 e. The number of aromatic nitrogens is 2. The minimum atomic E-state index is 0.145. The van der Waals surface area contributed by atoms with Gasteiger partial charge in [0, 0.05) is 31.1 Å². The van der Waals surface area contributed by atoms with Crippen LogP contribution in [0, 0.1) is 0 Å². The molecule has 1 unspecified atom stereocenters. The van der Waals surface area contributed by atoms with Crippen molar-refractivity contribution >= 4 is 22.6 Å². The van der Waals surface area contributed by atoms with E-state index >= 15 is 0 Å². The molecule has 1 atom stereocenters. The smallest absolute Gasteiger partial charge is 0.227 e. The van der Waals surface area contributed by atoms with Gasteiger partial charge in [0.05, 0.1) is 11.0 Å². The molecule has 0 aliphatic carbocycles. The van der Waals surface area contributed by atoms with E-state index < -0.39 is 0 Å². The molecule has 1 amide bonds. The van der Waals surface area contributed by atoms with Crippen molar-refractivity contribution in [2.75, 3.05) is 11.4 Å². The lowest BCUT2D eigenvalue weighted by Crippen LogP contribution is -2.25. The number of aryl methyl sites for hydroxylation is 2. The highest BCUT2D eigenvalue weighted by Crippen LogP contribution is 2.34. The Hall–Kier alpha value is -2.62. The van der Waals surface area contributed by atoms with Crippen molar-refractivity contribution in [3.63, 3.8) is 0 Å². The molecule has 3 aromatic rings. The van der Waals surface area contributed by atoms with Gasteiger partial charge < -0.3 is 9.47 Å². The zero-order valence-corrected chi connectivity index (χ0v) is 16.9. The van der Waals surface area contributed by atoms with Crippen molar-refractivity contribution in [2.45, 2.75) is 58.4 Å². The fourth-order valence-electron chi connectivity index (χ4n) is 4.35. The standard InChI is InChI=1S/C24H29N3O/c1-3-5-10-15-26-22-14-9-7-12-20(22)25-24(26)19-16-23(28)27(17-19)21-13-8-6-11-18(21)4-2/h6-9,11-14,19H,3-5,10,15-17H2,1-2H3. The highest BCUT2D eigenvalue weighted by molar-refractivity contribution is 5.97. The molecule has 0 spiro atoms. The topological polar surface area (TPSA) is 38.1 Å². The summed E-state index contributed by atoms with van der Waals surface area (Å²) in [6.45, 7) is 6.06. The van der Waals surface area contributed by atoms with Crippen molar-refractivity contribution in [3.8, 4) is 0 Å². The summed E-state index contributed by atoms with van der Waals surface area (Å²) in [6.07, 6.45) is 5.03. The van der Waals surface area contributed by atoms with Gasteiger partial charge in [-0.25, -0.2) is 4.98 Å². The first kappa shape index (κ1) is 18.7. The van der Waals surface area contributed by atoms with Crippen LogP contribution < -0.4 is 4.90 Å². The zero-order chi connectivity index (χ0) is 19.5. The number of nitrogens with zero attached hydrogens (tertiary/aromatic N) is 3. The summed E-state index contributed by atoms with van der Waals surface area (Å²) >= 11 is 0. The Labute approximate surface area is 167 Å². The minimum absolute atomic E-state index is 0.145. The normalized spacial score (nSPS) is 17.0. The lowest BCUT2D eigenvalue weighted by molar-refractivity contribution is -0.117. The Morgan fingerprint density at radius 2 is 1.82 bits per heavy atom. The molecule has 0 saturated carbocycles. The molecule has 1 aliphatic heterocycles. The maximum absolute atomic E-state index is 12.9. The van der Waals surface area contributed by atoms with Crippen molar-refractivity contribution in [2.24, 2.45) is 0 Å². The van der Waals surface area contributed by atoms with Gasteiger partial charge in [-0.2, -0.15) is 0 Å². The molecule has 1 saturated heterocycles. The summed E-state index contributed by atoms with van der Waals surface area (Å²) in [4.78, 5) is 19.8. The van der Waals surface area contributed by atoms with E-state index in [1.165, 1.54) is 23.9 Å². The van der Waals surface area contributed by atoms with Crippen LogP contribution in [0.4, 0.5) is 5.69 Å². The Morgan fingerprint density at radius 3 is 2.64 bits per heavy atom. The van der Waals surface area contributed by atoms with Crippen molar-refractivity contribution < 1.29 is 4.79 Å². The Bertz CT molecular complexity index is 975. The number of unbranched alkanes of at least 4 members (excludes halogenated alkanes) is 2. The van der Waals surface area contributed by atoms with Crippen LogP contribution in [0.2, 0.25) is 0 Å². The van der Waals surface area contributed by atoms with Crippen LogP contribution in [0.1, 0.15) is 56.8 Å². The Kier molecular flexibility index (Phi) is 5.47. The lowest BCUT2D eigenvalue weighted by atomic mass is 10.1. The summed E-state index contributed by atoms with van der Waals surface area (Å²) in [6, 6.07) is 16.6. The van der Waals surface area contributed by atoms with E-state index in [0.717, 1.165) is 36.4 Å². The molecule has 1 aromatic heterocycles. The first-order chi connectivity index (χ1) is 13.7. The van der Waals surface area contributed by atoms with Crippen LogP contribution in [0.3, 0.4) is 0 Å². The third-order valence-corrected chi connectivity index (χ3v) is 5.82. The molecule has 1 fully saturated rings. The average Bonchev–Trinajstić information content (AvgIpc) is 3.29. The SMILES string of the molecule is CCCCCn1c(C2CC(=O)N(c3ccccc3CC)C2)nc2ccccc21. The maximum atomic E-state index is 12.9. The quantitative estimate of drug-likeness (QED) is 0.525. The van der Waals surface area contributed by atoms with E-state index in [1.807, 2.05) is 23.1 Å². The lowest BCUT2D eigenvalue weighted by Gasteiger charge is -2.20. The summed E-state index contributed by atoms with van der Waals surface area (Å²) in [5.74, 6) is 1.42. The van der Waals surface area contributed by atoms with Gasteiger partial charge in [0.1, 0.15) is 5.82 Å². The number of para-hydroxylation sites is 3. The predicted molar refractivity (Wildman–Crippen MR) is 115 cm³/mol. The van der Waals surface area contributed by atoms with Crippen LogP contribution in [0.25, 0.3) is 11.0 Å². The minimum Gasteiger partial charge on any atom is -0.328 e. The first-order valence-corrected chi connectivity index (χ1v) is 10.6. The molecule has 1 aliphatic rings. The molecule has 2 aromatic carbocycles. The number of benzene rings is 2. The molecule has 0 radical (unpaired) electrons. The van der Waals surface area contributed by atoms with Gasteiger partial charge in [0.25, 0.3) is 0 Å². The van der Waals surface area contributed by atoms with E-state index in [0.29, 0.717) is 13.0 Å². The van der Waals surface area contributed by atoms with Crippen LogP contribution in [0.5, 0.6) is 0 Å². The fraction of sp³-hybridized carbons (Fsp3) is 0.417. The second-order valence-corrected chi connectivity index (χ2v) is 7.71. The van der Waals surface area contributed by atoms with E-state index in [4.69, 9.17) is 4.98 Å². The molecule has 4 rings (SSSR count). The monoisotopic (exact) mass is 375 g/mol. The summed E-state index contributed by atoms with van der Waals surface area (Å²) < 4.78 is 2.36. The molecular formula is C24H29N3O. The summed E-state index contributed by atoms with van der Waals surface area (Å²) in [5.41, 5.74) is 4.52. The molecular weight excluding hydrogens is 346 g/mol. The van der Waals surface area contributed by atoms with Gasteiger partial charge in [0.2, 0.25) is 5.91 Å². The largest absolute Gasteiger partial charge is 0.328 e. The van der Waals surface area contributed by atoms with Gasteiger partial charge in [-0.05, 0) is 36.6 Å². The molecule has 2 heterocycles. The number of amides is 1. The highest BCUT2D eigenvalue weighted by atomic mass is 16.2. The third kappa shape index (κ3) is 3.44. The first-order valence-electron chi connectivity index (χ1n) is 10.6. The van der Waals surface area contributed by atoms with Gasteiger partial charge in [-0.1, -0.05) is 57.0 Å². The number of anilines is 1. The van der Waals surface area contributed by atoms with Crippen LogP contribution in [-0.4, -0.2) is 22.0 Å². The van der Waals surface area contributed by atoms with Gasteiger partial charge in [-0.3, -0.25) is 4.79 Å². The fourth-order valence-corrected chi connectivity index (χ4v) is 4.35. The highest BCUT2D eigenvalue weighted by Gasteiger charge is 2.35. The van der Waals surface area contributed by atoms with E-state index in [1.54, 1.807) is 0 Å². The van der Waals surface area contributed by atoms with Crippen LogP contribution >= 0.6 is 0 Å². The number of rotatable bonds is 7. The van der Waals surface area contributed by atoms with E-state index in [9.17, 15) is 4.79 Å². The van der Waals surface area contributed by atoms with Crippen molar-refractivity contribution in [1.82, 2.24) is 9.55 Å². The number of carbonyl (C=O) groups is 1. The zero-order valence-electron chi connectivity index (χ0n) is 16.9. The van der Waals surface area contributed by atoms with Crippen LogP contribution in [0.15, 0.2) is 48.5 Å². The average molecular weight is 376 g/mol. The van der Waals surface area contributed by atoms with Gasteiger partial charge in [0.15, 0.2) is 0 Å². The number of imidazole rings is 1. The molecule has 28 heavy (non-hydrogen) atoms. The summed E-state index contributed by atoms with van der Waals surface area (Å²) in [7, 11) is 0. The molecule has 0 N–H and O–H groups in total. The van der Waals surface area contributed by atoms with Gasteiger partial charge in [-0.15, -0.1) is 0 Å². The van der Waals surface area contributed by atoms with Crippen molar-refractivity contribution in [1.29, 1.82) is 0 Å². The van der Waals surface area contributed by atoms with Gasteiger partial charge >= 0.3 is 0 Å². The number of carbonyl (C=O) groups excluding carboxylic acids is 1. The second-order valence-electron chi connectivity index (χ2n) is 7.71. The van der Waals surface area contributed by atoms with E-state index in [-0.39, 0.29) is 11.8 Å². The van der Waals surface area contributed by atoms with Crippen LogP contribution in [-0.2, 0) is 17.8 Å². The predicted octanol–water partition coefficient (Wildman–Crippen LogP) is 5.31.